The van der Waals surface area contributed by atoms with Crippen molar-refractivity contribution in [3.63, 3.8) is 0 Å². The average molecular weight is 408 g/mol. The maximum absolute atomic E-state index is 13.1. The second kappa shape index (κ2) is 6.52. The normalized spacial score (nSPS) is 21.5. The Morgan fingerprint density at radius 2 is 1.90 bits per heavy atom. The molecule has 0 saturated carbocycles. The van der Waals surface area contributed by atoms with Gasteiger partial charge in [0.25, 0.3) is 11.5 Å². The number of urea groups is 1. The van der Waals surface area contributed by atoms with Gasteiger partial charge < -0.3 is 5.32 Å². The molecule has 0 bridgehead atoms. The number of thiazole rings is 1. The van der Waals surface area contributed by atoms with E-state index in [1.807, 2.05) is 30.3 Å². The lowest BCUT2D eigenvalue weighted by molar-refractivity contribution is -0.131. The highest BCUT2D eigenvalue weighted by molar-refractivity contribution is 7.17. The van der Waals surface area contributed by atoms with Crippen LogP contribution >= 0.6 is 11.3 Å². The summed E-state index contributed by atoms with van der Waals surface area (Å²) in [7, 11) is 0. The van der Waals surface area contributed by atoms with Crippen LogP contribution in [0.4, 0.5) is 4.79 Å². The molecule has 3 amide bonds. The Morgan fingerprint density at radius 3 is 2.69 bits per heavy atom. The molecule has 3 aromatic rings. The molecule has 0 radical (unpaired) electrons. The van der Waals surface area contributed by atoms with Crippen molar-refractivity contribution in [2.45, 2.75) is 44.7 Å². The topological polar surface area (TPSA) is 83.8 Å². The summed E-state index contributed by atoms with van der Waals surface area (Å²) in [4.78, 5) is 46.0. The van der Waals surface area contributed by atoms with Crippen LogP contribution in [0.25, 0.3) is 4.96 Å². The maximum Gasteiger partial charge on any atom is 0.325 e. The first-order valence-corrected chi connectivity index (χ1v) is 10.5. The number of benzene rings is 1. The highest BCUT2D eigenvalue weighted by Gasteiger charge is 2.49. The van der Waals surface area contributed by atoms with Crippen molar-refractivity contribution in [1.82, 2.24) is 19.6 Å². The van der Waals surface area contributed by atoms with Crippen LogP contribution in [0, 0.1) is 0 Å². The summed E-state index contributed by atoms with van der Waals surface area (Å²) < 4.78 is 1.68. The minimum atomic E-state index is -1.13. The summed E-state index contributed by atoms with van der Waals surface area (Å²) in [6, 6.07) is 10.1. The largest absolute Gasteiger partial charge is 0.325 e. The van der Waals surface area contributed by atoms with E-state index in [1.165, 1.54) is 22.3 Å². The maximum atomic E-state index is 13.1. The molecule has 1 aliphatic carbocycles. The zero-order chi connectivity index (χ0) is 20.2. The van der Waals surface area contributed by atoms with Crippen molar-refractivity contribution in [1.29, 1.82) is 0 Å². The van der Waals surface area contributed by atoms with Crippen molar-refractivity contribution in [3.05, 3.63) is 68.6 Å². The fourth-order valence-corrected chi connectivity index (χ4v) is 5.42. The summed E-state index contributed by atoms with van der Waals surface area (Å²) >= 11 is 1.53. The van der Waals surface area contributed by atoms with Crippen molar-refractivity contribution in [3.8, 4) is 0 Å². The van der Waals surface area contributed by atoms with Gasteiger partial charge in [-0.1, -0.05) is 30.3 Å². The van der Waals surface area contributed by atoms with Gasteiger partial charge in [-0.15, -0.1) is 11.3 Å². The zero-order valence-electron chi connectivity index (χ0n) is 16.0. The Hall–Kier alpha value is -3.00. The molecule has 1 saturated heterocycles. The number of amides is 3. The van der Waals surface area contributed by atoms with Crippen LogP contribution in [0.15, 0.2) is 41.2 Å². The Balaban J connectivity index is 1.49. The lowest BCUT2D eigenvalue weighted by Gasteiger charge is -2.22. The number of nitrogens with one attached hydrogen (secondary N) is 1. The summed E-state index contributed by atoms with van der Waals surface area (Å²) in [5, 5.41) is 2.79. The van der Waals surface area contributed by atoms with Gasteiger partial charge in [0.1, 0.15) is 5.54 Å². The Morgan fingerprint density at radius 1 is 1.14 bits per heavy atom. The van der Waals surface area contributed by atoms with E-state index in [0.717, 1.165) is 41.8 Å². The highest BCUT2D eigenvalue weighted by atomic mass is 32.1. The first-order chi connectivity index (χ1) is 14.0. The molecule has 1 unspecified atom stereocenters. The molecule has 29 heavy (non-hydrogen) atoms. The van der Waals surface area contributed by atoms with Gasteiger partial charge in [0, 0.05) is 16.6 Å². The molecule has 1 aliphatic heterocycles. The van der Waals surface area contributed by atoms with Gasteiger partial charge in [-0.2, -0.15) is 0 Å². The molecule has 2 aromatic heterocycles. The molecular formula is C21H20N4O3S. The summed E-state index contributed by atoms with van der Waals surface area (Å²) in [5.74, 6) is -0.346. The third kappa shape index (κ3) is 2.78. The Bertz CT molecular complexity index is 1200. The predicted octanol–water partition coefficient (Wildman–Crippen LogP) is 2.60. The van der Waals surface area contributed by atoms with Gasteiger partial charge >= 0.3 is 6.03 Å². The Kier molecular flexibility index (Phi) is 4.06. The van der Waals surface area contributed by atoms with E-state index in [2.05, 4.69) is 10.3 Å². The van der Waals surface area contributed by atoms with Gasteiger partial charge in [0.15, 0.2) is 4.96 Å². The second-order valence-corrected chi connectivity index (χ2v) is 8.76. The molecule has 1 fully saturated rings. The van der Waals surface area contributed by atoms with Crippen LogP contribution in [0.1, 0.15) is 41.6 Å². The second-order valence-electron chi connectivity index (χ2n) is 7.70. The van der Waals surface area contributed by atoms with Crippen molar-refractivity contribution in [2.75, 3.05) is 0 Å². The van der Waals surface area contributed by atoms with Gasteiger partial charge in [0.2, 0.25) is 0 Å². The van der Waals surface area contributed by atoms with E-state index in [1.54, 1.807) is 11.3 Å². The first kappa shape index (κ1) is 18.1. The molecule has 1 aromatic carbocycles. The molecule has 148 valence electrons. The fraction of sp³-hybridized carbons (Fsp3) is 0.333. The number of imide groups is 1. The standard InChI is InChI=1S/C21H20N4O3S/c1-21(13-7-3-2-4-8-13)18(27)24(19(28)23-21)12-14-11-17(26)25-15-9-5-6-10-16(15)29-20(25)22-14/h2-4,7-8,11H,5-6,9-10,12H2,1H3,(H,23,28). The van der Waals surface area contributed by atoms with Crippen LogP contribution in [0.5, 0.6) is 0 Å². The van der Waals surface area contributed by atoms with Gasteiger partial charge in [-0.25, -0.2) is 9.78 Å². The van der Waals surface area contributed by atoms with Crippen molar-refractivity contribution >= 4 is 28.2 Å². The molecule has 1 atom stereocenters. The van der Waals surface area contributed by atoms with Gasteiger partial charge in [-0.3, -0.25) is 18.9 Å². The number of rotatable bonds is 3. The number of hydrogen-bond acceptors (Lipinski definition) is 5. The smallest absolute Gasteiger partial charge is 0.319 e. The number of fused-ring (bicyclic) bond motifs is 3. The van der Waals surface area contributed by atoms with E-state index < -0.39 is 11.6 Å². The third-order valence-electron chi connectivity index (χ3n) is 5.76. The molecule has 1 N–H and O–H groups in total. The molecule has 3 heterocycles. The summed E-state index contributed by atoms with van der Waals surface area (Å²) in [5.41, 5.74) is 0.929. The van der Waals surface area contributed by atoms with E-state index >= 15 is 0 Å². The zero-order valence-corrected chi connectivity index (χ0v) is 16.8. The average Bonchev–Trinajstić information content (AvgIpc) is 3.20. The SMILES string of the molecule is CC1(c2ccccc2)NC(=O)N(Cc2cc(=O)n3c4c(sc3n2)CCCC4)C1=O. The number of aromatic nitrogens is 2. The van der Waals surface area contributed by atoms with E-state index in [9.17, 15) is 14.4 Å². The number of nitrogens with zero attached hydrogens (tertiary/aromatic N) is 3. The van der Waals surface area contributed by atoms with Crippen LogP contribution in [-0.4, -0.2) is 26.2 Å². The van der Waals surface area contributed by atoms with Crippen LogP contribution in [0.2, 0.25) is 0 Å². The molecule has 8 heteroatoms. The minimum absolute atomic E-state index is 0.0264. The fourth-order valence-electron chi connectivity index (χ4n) is 4.19. The predicted molar refractivity (Wildman–Crippen MR) is 109 cm³/mol. The van der Waals surface area contributed by atoms with Crippen molar-refractivity contribution < 1.29 is 9.59 Å². The quantitative estimate of drug-likeness (QED) is 0.675. The Labute approximate surface area is 171 Å². The monoisotopic (exact) mass is 408 g/mol. The molecule has 2 aliphatic rings. The molecule has 5 rings (SSSR count). The minimum Gasteiger partial charge on any atom is -0.319 e. The van der Waals surface area contributed by atoms with Crippen molar-refractivity contribution in [2.24, 2.45) is 0 Å². The lowest BCUT2D eigenvalue weighted by atomic mass is 9.92. The van der Waals surface area contributed by atoms with Gasteiger partial charge in [0.05, 0.1) is 12.2 Å². The third-order valence-corrected chi connectivity index (χ3v) is 6.90. The molecule has 0 spiro atoms. The number of aryl methyl sites for hydroxylation is 2. The van der Waals surface area contributed by atoms with Crippen LogP contribution in [0.3, 0.4) is 0 Å². The number of hydrogen-bond donors (Lipinski definition) is 1. The molecule has 7 nitrogen and oxygen atoms in total. The highest BCUT2D eigenvalue weighted by Crippen LogP contribution is 2.30. The molecular weight excluding hydrogens is 388 g/mol. The van der Waals surface area contributed by atoms with Crippen LogP contribution < -0.4 is 10.9 Å². The summed E-state index contributed by atoms with van der Waals surface area (Å²) in [6.45, 7) is 1.67. The van der Waals surface area contributed by atoms with Crippen LogP contribution in [-0.2, 0) is 29.7 Å². The van der Waals surface area contributed by atoms with E-state index in [-0.39, 0.29) is 18.0 Å². The van der Waals surface area contributed by atoms with E-state index in [4.69, 9.17) is 0 Å². The summed E-state index contributed by atoms with van der Waals surface area (Å²) in [6.07, 6.45) is 4.06. The van der Waals surface area contributed by atoms with E-state index in [0.29, 0.717) is 10.7 Å². The number of carbonyl (C=O) groups is 2. The number of carbonyl (C=O) groups excluding carboxylic acids is 2. The lowest BCUT2D eigenvalue weighted by Crippen LogP contribution is -2.40. The first-order valence-electron chi connectivity index (χ1n) is 9.70. The van der Waals surface area contributed by atoms with Gasteiger partial charge in [-0.05, 0) is 38.2 Å².